The largest absolute Gasteiger partial charge is 0.456 e. The average Bonchev–Trinajstić information content (AvgIpc) is 3.75. The average molecular weight is 632 g/mol. The third kappa shape index (κ3) is 4.50. The zero-order valence-electron chi connectivity index (χ0n) is 27.0. The molecule has 2 aliphatic rings. The lowest BCUT2D eigenvalue weighted by atomic mass is 9.90. The van der Waals surface area contributed by atoms with Crippen LogP contribution < -0.4 is 4.90 Å². The maximum absolute atomic E-state index is 6.88. The molecule has 0 fully saturated rings. The molecule has 2 aromatic heterocycles. The Morgan fingerprint density at radius 3 is 2.27 bits per heavy atom. The molecule has 0 N–H and O–H groups in total. The first-order chi connectivity index (χ1) is 24.3. The lowest BCUT2D eigenvalue weighted by Crippen LogP contribution is -2.24. The minimum absolute atomic E-state index is 0.344. The van der Waals surface area contributed by atoms with Gasteiger partial charge in [-0.25, -0.2) is 0 Å². The highest BCUT2D eigenvalue weighted by atomic mass is 16.3. The maximum atomic E-state index is 6.88. The van der Waals surface area contributed by atoms with Crippen LogP contribution in [0.3, 0.4) is 0 Å². The number of rotatable bonds is 5. The van der Waals surface area contributed by atoms with Gasteiger partial charge in [0.15, 0.2) is 0 Å². The molecule has 8 aromatic rings. The molecule has 0 amide bonds. The molecule has 0 bridgehead atoms. The molecule has 49 heavy (non-hydrogen) atoms. The minimum atomic E-state index is 0.344. The van der Waals surface area contributed by atoms with Gasteiger partial charge in [0.1, 0.15) is 22.3 Å². The highest BCUT2D eigenvalue weighted by molar-refractivity contribution is 6.17. The summed E-state index contributed by atoms with van der Waals surface area (Å²) in [6.45, 7) is 0. The zero-order valence-corrected chi connectivity index (χ0v) is 27.0. The summed E-state index contributed by atoms with van der Waals surface area (Å²) in [6, 6.07) is 45.1. The second-order valence-corrected chi connectivity index (χ2v) is 13.1. The van der Waals surface area contributed by atoms with Crippen molar-refractivity contribution >= 4 is 65.9 Å². The molecule has 2 heterocycles. The number of allylic oxidation sites excluding steroid dienone is 7. The quantitative estimate of drug-likeness (QED) is 0.189. The van der Waals surface area contributed by atoms with Crippen molar-refractivity contribution in [1.82, 2.24) is 0 Å². The van der Waals surface area contributed by atoms with E-state index < -0.39 is 0 Å². The van der Waals surface area contributed by atoms with Gasteiger partial charge < -0.3 is 13.7 Å². The van der Waals surface area contributed by atoms with Gasteiger partial charge in [-0.15, -0.1) is 0 Å². The molecule has 1 atom stereocenters. The summed E-state index contributed by atoms with van der Waals surface area (Å²) in [6.07, 6.45) is 14.5. The van der Waals surface area contributed by atoms with E-state index in [0.717, 1.165) is 79.8 Å². The molecule has 0 spiro atoms. The number of anilines is 1. The van der Waals surface area contributed by atoms with Crippen LogP contribution in [0.1, 0.15) is 36.3 Å². The molecule has 2 aliphatic carbocycles. The molecule has 0 radical (unpaired) electrons. The zero-order chi connectivity index (χ0) is 32.3. The van der Waals surface area contributed by atoms with E-state index in [9.17, 15) is 0 Å². The summed E-state index contributed by atoms with van der Waals surface area (Å²) in [5.41, 5.74) is 10.9. The first-order valence-corrected chi connectivity index (χ1v) is 17.2. The molecule has 3 heteroatoms. The Balaban J connectivity index is 1.22. The number of fused-ring (bicyclic) bond motifs is 8. The van der Waals surface area contributed by atoms with E-state index in [0.29, 0.717) is 5.92 Å². The summed E-state index contributed by atoms with van der Waals surface area (Å²) >= 11 is 0. The normalized spacial score (nSPS) is 16.4. The van der Waals surface area contributed by atoms with Crippen LogP contribution in [0.5, 0.6) is 0 Å². The fraction of sp³-hybridized carbons (Fsp3) is 0.0870. The lowest BCUT2D eigenvalue weighted by Gasteiger charge is -2.34. The topological polar surface area (TPSA) is 29.5 Å². The maximum Gasteiger partial charge on any atom is 0.143 e. The van der Waals surface area contributed by atoms with Gasteiger partial charge in [-0.2, -0.15) is 0 Å². The van der Waals surface area contributed by atoms with Gasteiger partial charge >= 0.3 is 0 Å². The number of hydrogen-bond donors (Lipinski definition) is 0. The third-order valence-electron chi connectivity index (χ3n) is 10.3. The predicted octanol–water partition coefficient (Wildman–Crippen LogP) is 12.8. The first kappa shape index (κ1) is 28.0. The van der Waals surface area contributed by atoms with Crippen molar-refractivity contribution in [2.75, 3.05) is 4.90 Å². The van der Waals surface area contributed by atoms with Crippen molar-refractivity contribution in [2.45, 2.75) is 25.2 Å². The van der Waals surface area contributed by atoms with Gasteiger partial charge in [-0.3, -0.25) is 0 Å². The van der Waals surface area contributed by atoms with Crippen LogP contribution in [0, 0.1) is 0 Å². The summed E-state index contributed by atoms with van der Waals surface area (Å²) in [7, 11) is 0. The summed E-state index contributed by atoms with van der Waals surface area (Å²) in [5, 5.41) is 6.87. The van der Waals surface area contributed by atoms with Crippen molar-refractivity contribution in [1.29, 1.82) is 0 Å². The highest BCUT2D eigenvalue weighted by Crippen LogP contribution is 2.45. The lowest BCUT2D eigenvalue weighted by molar-refractivity contribution is 0.669. The van der Waals surface area contributed by atoms with Gasteiger partial charge in [0.2, 0.25) is 0 Å². The second-order valence-electron chi connectivity index (χ2n) is 13.1. The number of benzene rings is 6. The fourth-order valence-electron chi connectivity index (χ4n) is 7.97. The van der Waals surface area contributed by atoms with E-state index in [1.165, 1.54) is 27.9 Å². The SMILES string of the molecule is C1=CC(c2cccc3c2oc2c4ccccc4ccc32)=C(N(C2=CCC(c3ccccc3)C=C2)c2cccc3oc4ccccc4c23)CC1. The van der Waals surface area contributed by atoms with Crippen molar-refractivity contribution in [3.8, 4) is 0 Å². The first-order valence-electron chi connectivity index (χ1n) is 17.2. The number of para-hydroxylation sites is 2. The van der Waals surface area contributed by atoms with E-state index in [4.69, 9.17) is 8.83 Å². The Kier molecular flexibility index (Phi) is 6.45. The molecule has 10 rings (SSSR count). The van der Waals surface area contributed by atoms with Gasteiger partial charge in [-0.05, 0) is 60.6 Å². The number of hydrogen-bond acceptors (Lipinski definition) is 3. The van der Waals surface area contributed by atoms with Crippen LogP contribution in [-0.2, 0) is 0 Å². The fourth-order valence-corrected chi connectivity index (χ4v) is 7.97. The van der Waals surface area contributed by atoms with Gasteiger partial charge in [-0.1, -0.05) is 127 Å². The van der Waals surface area contributed by atoms with Crippen LogP contribution in [0.2, 0.25) is 0 Å². The highest BCUT2D eigenvalue weighted by Gasteiger charge is 2.27. The van der Waals surface area contributed by atoms with E-state index in [2.05, 4.69) is 157 Å². The Labute approximate surface area is 284 Å². The Hall–Kier alpha value is -6.06. The molecule has 6 aromatic carbocycles. The molecule has 3 nitrogen and oxygen atoms in total. The van der Waals surface area contributed by atoms with Crippen LogP contribution >= 0.6 is 0 Å². The summed E-state index contributed by atoms with van der Waals surface area (Å²) in [5.74, 6) is 0.344. The van der Waals surface area contributed by atoms with E-state index >= 15 is 0 Å². The van der Waals surface area contributed by atoms with Gasteiger partial charge in [0.25, 0.3) is 0 Å². The summed E-state index contributed by atoms with van der Waals surface area (Å²) < 4.78 is 13.3. The van der Waals surface area contributed by atoms with Gasteiger partial charge in [0.05, 0.1) is 11.1 Å². The molecule has 0 aliphatic heterocycles. The number of furan rings is 2. The van der Waals surface area contributed by atoms with E-state index in [-0.39, 0.29) is 0 Å². The molecule has 0 saturated carbocycles. The minimum Gasteiger partial charge on any atom is -0.456 e. The van der Waals surface area contributed by atoms with Crippen molar-refractivity contribution in [3.05, 3.63) is 180 Å². The smallest absolute Gasteiger partial charge is 0.143 e. The van der Waals surface area contributed by atoms with Crippen molar-refractivity contribution in [2.24, 2.45) is 0 Å². The molecule has 0 saturated heterocycles. The van der Waals surface area contributed by atoms with E-state index in [1.54, 1.807) is 0 Å². The van der Waals surface area contributed by atoms with Crippen molar-refractivity contribution in [3.63, 3.8) is 0 Å². The van der Waals surface area contributed by atoms with Crippen LogP contribution in [0.15, 0.2) is 178 Å². The Morgan fingerprint density at radius 2 is 1.37 bits per heavy atom. The number of nitrogens with zero attached hydrogens (tertiary/aromatic N) is 1. The third-order valence-corrected chi connectivity index (χ3v) is 10.3. The van der Waals surface area contributed by atoms with Crippen LogP contribution in [-0.4, -0.2) is 0 Å². The van der Waals surface area contributed by atoms with Crippen LogP contribution in [0.4, 0.5) is 5.69 Å². The standard InChI is InChI=1S/C46H33NO2/c1-2-12-30(13-3-1)31-24-27-33(28-25-31)47(41-21-11-23-43-44(41)39-17-7-9-22-42(39)48-43)40-20-8-6-16-35(40)36-18-10-19-37-38-29-26-32-14-4-5-15-34(32)45(38)49-46(36)37/h1-7,9-19,21-24,26-29,31H,8,20,25H2. The molecular weight excluding hydrogens is 599 g/mol. The van der Waals surface area contributed by atoms with Crippen molar-refractivity contribution < 1.29 is 8.83 Å². The molecule has 234 valence electrons. The monoisotopic (exact) mass is 631 g/mol. The predicted molar refractivity (Wildman–Crippen MR) is 204 cm³/mol. The summed E-state index contributed by atoms with van der Waals surface area (Å²) in [4.78, 5) is 2.50. The molecule has 1 unspecified atom stereocenters. The van der Waals surface area contributed by atoms with Gasteiger partial charge in [0, 0.05) is 50.0 Å². The Morgan fingerprint density at radius 1 is 0.592 bits per heavy atom. The Bertz CT molecular complexity index is 2700. The van der Waals surface area contributed by atoms with E-state index in [1.807, 2.05) is 6.07 Å². The van der Waals surface area contributed by atoms with Crippen LogP contribution in [0.25, 0.3) is 60.2 Å². The molecular formula is C46H33NO2. The second kappa shape index (κ2) is 11.3.